The van der Waals surface area contributed by atoms with Crippen LogP contribution >= 0.6 is 11.6 Å². The average Bonchev–Trinajstić information content (AvgIpc) is 2.40. The van der Waals surface area contributed by atoms with Gasteiger partial charge in [-0.05, 0) is 12.1 Å². The number of fused-ring (bicyclic) bond motifs is 3. The molecule has 1 unspecified atom stereocenters. The van der Waals surface area contributed by atoms with Gasteiger partial charge in [-0.25, -0.2) is 0 Å². The fraction of sp³-hybridized carbons (Fsp3) is 0.462. The van der Waals surface area contributed by atoms with Crippen LogP contribution in [0.3, 0.4) is 0 Å². The lowest BCUT2D eigenvalue weighted by molar-refractivity contribution is 0.0159. The summed E-state index contributed by atoms with van der Waals surface area (Å²) in [6.07, 6.45) is 0. The van der Waals surface area contributed by atoms with Crippen LogP contribution in [0.1, 0.15) is 10.4 Å². The number of ketones is 1. The van der Waals surface area contributed by atoms with Crippen molar-refractivity contribution in [2.45, 2.75) is 6.04 Å². The summed E-state index contributed by atoms with van der Waals surface area (Å²) in [5.74, 6) is 0.167. The minimum Gasteiger partial charge on any atom is -0.299 e. The number of hydrogen-bond donors (Lipinski definition) is 0. The standard InChI is InChI=1S/C13H15ClN2O/c14-11-4-2-1-3-10(11)13(17)12-9-15-5-7-16(12)8-6-15/h1-4,12H,5-9H2. The summed E-state index contributed by atoms with van der Waals surface area (Å²) in [6.45, 7) is 5.03. The van der Waals surface area contributed by atoms with Crippen LogP contribution in [-0.4, -0.2) is 54.3 Å². The number of carbonyl (C=O) groups is 1. The minimum absolute atomic E-state index is 0.00241. The number of hydrogen-bond acceptors (Lipinski definition) is 3. The number of nitrogens with zero attached hydrogens (tertiary/aromatic N) is 2. The maximum atomic E-state index is 12.5. The summed E-state index contributed by atoms with van der Waals surface area (Å²) < 4.78 is 0. The second-order valence-electron chi connectivity index (χ2n) is 4.70. The van der Waals surface area contributed by atoms with E-state index in [1.165, 1.54) is 0 Å². The molecule has 17 heavy (non-hydrogen) atoms. The molecule has 1 aromatic carbocycles. The molecule has 0 aliphatic carbocycles. The summed E-state index contributed by atoms with van der Waals surface area (Å²) in [6, 6.07) is 7.33. The topological polar surface area (TPSA) is 23.6 Å². The number of piperazine rings is 3. The van der Waals surface area contributed by atoms with E-state index in [1.54, 1.807) is 6.07 Å². The molecule has 3 aliphatic rings. The summed E-state index contributed by atoms with van der Waals surface area (Å²) in [4.78, 5) is 17.1. The number of halogens is 1. The molecule has 2 bridgehead atoms. The molecule has 4 heteroatoms. The third-order valence-electron chi connectivity index (χ3n) is 3.72. The van der Waals surface area contributed by atoms with Gasteiger partial charge in [0.15, 0.2) is 5.78 Å². The van der Waals surface area contributed by atoms with E-state index in [9.17, 15) is 4.79 Å². The Morgan fingerprint density at radius 2 is 1.88 bits per heavy atom. The van der Waals surface area contributed by atoms with Crippen molar-refractivity contribution in [3.63, 3.8) is 0 Å². The number of Topliss-reactive ketones (excluding diaryl/α,β-unsaturated/α-hetero) is 1. The van der Waals surface area contributed by atoms with Crippen LogP contribution in [0.2, 0.25) is 5.02 Å². The average molecular weight is 251 g/mol. The molecule has 3 fully saturated rings. The van der Waals surface area contributed by atoms with E-state index in [2.05, 4.69) is 9.80 Å². The van der Waals surface area contributed by atoms with Crippen molar-refractivity contribution in [3.05, 3.63) is 34.9 Å². The third-order valence-corrected chi connectivity index (χ3v) is 4.05. The molecule has 0 radical (unpaired) electrons. The molecular formula is C13H15ClN2O. The molecule has 3 nitrogen and oxygen atoms in total. The van der Waals surface area contributed by atoms with Crippen molar-refractivity contribution in [1.29, 1.82) is 0 Å². The van der Waals surface area contributed by atoms with Crippen LogP contribution < -0.4 is 0 Å². The molecule has 0 spiro atoms. The highest BCUT2D eigenvalue weighted by atomic mass is 35.5. The van der Waals surface area contributed by atoms with Crippen molar-refractivity contribution in [1.82, 2.24) is 9.80 Å². The van der Waals surface area contributed by atoms with E-state index in [-0.39, 0.29) is 11.8 Å². The van der Waals surface area contributed by atoms with Crippen LogP contribution in [0.5, 0.6) is 0 Å². The first-order valence-electron chi connectivity index (χ1n) is 6.01. The van der Waals surface area contributed by atoms with Crippen LogP contribution in [0, 0.1) is 0 Å². The van der Waals surface area contributed by atoms with Gasteiger partial charge in [0.1, 0.15) is 0 Å². The summed E-state index contributed by atoms with van der Waals surface area (Å²) in [7, 11) is 0. The predicted molar refractivity (Wildman–Crippen MR) is 67.6 cm³/mol. The van der Waals surface area contributed by atoms with Gasteiger partial charge in [0.05, 0.1) is 11.1 Å². The number of rotatable bonds is 2. The minimum atomic E-state index is -0.00241. The zero-order chi connectivity index (χ0) is 11.8. The molecule has 3 aliphatic heterocycles. The molecule has 0 amide bonds. The summed E-state index contributed by atoms with van der Waals surface area (Å²) in [5, 5.41) is 0.565. The van der Waals surface area contributed by atoms with Gasteiger partial charge in [-0.2, -0.15) is 0 Å². The van der Waals surface area contributed by atoms with Gasteiger partial charge in [-0.1, -0.05) is 23.7 Å². The van der Waals surface area contributed by atoms with Crippen molar-refractivity contribution >= 4 is 17.4 Å². The first kappa shape index (κ1) is 11.2. The van der Waals surface area contributed by atoms with Gasteiger partial charge in [0.25, 0.3) is 0 Å². The molecule has 3 heterocycles. The Hall–Kier alpha value is -0.900. The lowest BCUT2D eigenvalue weighted by atomic mass is 9.98. The molecule has 4 rings (SSSR count). The Morgan fingerprint density at radius 1 is 1.18 bits per heavy atom. The quantitative estimate of drug-likeness (QED) is 0.744. The third kappa shape index (κ3) is 1.99. The van der Waals surface area contributed by atoms with Crippen molar-refractivity contribution in [3.8, 4) is 0 Å². The summed E-state index contributed by atoms with van der Waals surface area (Å²) >= 11 is 6.09. The first-order valence-corrected chi connectivity index (χ1v) is 6.38. The highest BCUT2D eigenvalue weighted by Crippen LogP contribution is 2.23. The van der Waals surface area contributed by atoms with E-state index >= 15 is 0 Å². The fourth-order valence-corrected chi connectivity index (χ4v) is 2.94. The molecule has 90 valence electrons. The van der Waals surface area contributed by atoms with E-state index in [0.29, 0.717) is 10.6 Å². The Bertz CT molecular complexity index is 441. The Balaban J connectivity index is 1.85. The maximum absolute atomic E-state index is 12.5. The predicted octanol–water partition coefficient (Wildman–Crippen LogP) is 1.52. The van der Waals surface area contributed by atoms with Crippen molar-refractivity contribution < 1.29 is 4.79 Å². The zero-order valence-electron chi connectivity index (χ0n) is 9.60. The van der Waals surface area contributed by atoms with Crippen LogP contribution in [0.15, 0.2) is 24.3 Å². The largest absolute Gasteiger partial charge is 0.299 e. The SMILES string of the molecule is O=C(c1ccccc1Cl)C1CN2CCN1CC2. The monoisotopic (exact) mass is 250 g/mol. The molecule has 1 aromatic rings. The molecule has 0 N–H and O–H groups in total. The lowest BCUT2D eigenvalue weighted by Crippen LogP contribution is -2.63. The molecular weight excluding hydrogens is 236 g/mol. The smallest absolute Gasteiger partial charge is 0.182 e. The molecule has 0 aromatic heterocycles. The van der Waals surface area contributed by atoms with Gasteiger partial charge in [0, 0.05) is 38.3 Å². The van der Waals surface area contributed by atoms with Crippen LogP contribution in [0.4, 0.5) is 0 Å². The summed E-state index contributed by atoms with van der Waals surface area (Å²) in [5.41, 5.74) is 0.660. The highest BCUT2D eigenvalue weighted by molar-refractivity contribution is 6.34. The van der Waals surface area contributed by atoms with E-state index in [1.807, 2.05) is 18.2 Å². The van der Waals surface area contributed by atoms with Crippen molar-refractivity contribution in [2.75, 3.05) is 32.7 Å². The van der Waals surface area contributed by atoms with Gasteiger partial charge >= 0.3 is 0 Å². The fourth-order valence-electron chi connectivity index (χ4n) is 2.71. The Morgan fingerprint density at radius 3 is 2.47 bits per heavy atom. The second kappa shape index (κ2) is 4.41. The van der Waals surface area contributed by atoms with Crippen molar-refractivity contribution in [2.24, 2.45) is 0 Å². The zero-order valence-corrected chi connectivity index (χ0v) is 10.4. The molecule has 3 saturated heterocycles. The highest BCUT2D eigenvalue weighted by Gasteiger charge is 2.36. The number of carbonyl (C=O) groups excluding carboxylic acids is 1. The van der Waals surface area contributed by atoms with E-state index < -0.39 is 0 Å². The van der Waals surface area contributed by atoms with Gasteiger partial charge < -0.3 is 0 Å². The van der Waals surface area contributed by atoms with Gasteiger partial charge in [-0.15, -0.1) is 0 Å². The van der Waals surface area contributed by atoms with Crippen LogP contribution in [-0.2, 0) is 0 Å². The van der Waals surface area contributed by atoms with Gasteiger partial charge in [-0.3, -0.25) is 14.6 Å². The molecule has 0 saturated carbocycles. The Kier molecular flexibility index (Phi) is 2.90. The lowest BCUT2D eigenvalue weighted by Gasteiger charge is -2.46. The Labute approximate surface area is 106 Å². The van der Waals surface area contributed by atoms with Crippen LogP contribution in [0.25, 0.3) is 0 Å². The molecule has 1 atom stereocenters. The number of benzene rings is 1. The maximum Gasteiger partial charge on any atom is 0.182 e. The normalized spacial score (nSPS) is 31.5. The van der Waals surface area contributed by atoms with E-state index in [4.69, 9.17) is 11.6 Å². The second-order valence-corrected chi connectivity index (χ2v) is 5.10. The first-order chi connectivity index (χ1) is 8.25. The van der Waals surface area contributed by atoms with E-state index in [0.717, 1.165) is 32.7 Å². The van der Waals surface area contributed by atoms with Gasteiger partial charge in [0.2, 0.25) is 0 Å².